The molecular weight excluding hydrogens is 511 g/mol. The summed E-state index contributed by atoms with van der Waals surface area (Å²) in [6.45, 7) is 2.56. The molecular formula is C29H36Cl2N2O4. The molecule has 4 rings (SSSR count). The molecule has 1 heterocycles. The number of pyridine rings is 1. The van der Waals surface area contributed by atoms with Gasteiger partial charge in [0, 0.05) is 30.5 Å². The van der Waals surface area contributed by atoms with E-state index in [1.54, 1.807) is 18.5 Å². The van der Waals surface area contributed by atoms with Crippen LogP contribution in [0.3, 0.4) is 0 Å². The maximum atomic E-state index is 11.7. The van der Waals surface area contributed by atoms with Crippen molar-refractivity contribution >= 4 is 30.8 Å². The summed E-state index contributed by atoms with van der Waals surface area (Å²) < 4.78 is 6.15. The van der Waals surface area contributed by atoms with Crippen molar-refractivity contribution in [2.45, 2.75) is 63.7 Å². The molecule has 0 radical (unpaired) electrons. The van der Waals surface area contributed by atoms with Crippen molar-refractivity contribution in [1.29, 1.82) is 0 Å². The lowest BCUT2D eigenvalue weighted by atomic mass is 9.97. The first-order valence-electron chi connectivity index (χ1n) is 12.4. The molecule has 0 amide bonds. The monoisotopic (exact) mass is 546 g/mol. The summed E-state index contributed by atoms with van der Waals surface area (Å²) in [5, 5.41) is 23.3. The predicted molar refractivity (Wildman–Crippen MR) is 151 cm³/mol. The van der Waals surface area contributed by atoms with E-state index in [1.165, 1.54) is 12.0 Å². The fourth-order valence-electron chi connectivity index (χ4n) is 4.60. The van der Waals surface area contributed by atoms with Gasteiger partial charge in [-0.25, -0.2) is 4.79 Å². The molecule has 2 aromatic carbocycles. The number of carbonyl (C=O) groups is 1. The molecule has 200 valence electrons. The van der Waals surface area contributed by atoms with Gasteiger partial charge in [0.25, 0.3) is 0 Å². The standard InChI is InChI=1S/C29H34N2O4.2ClH/c1-20(31-19-27(32)24-6-5-15-30-18-24)16-21-9-11-22(12-10-21)23-13-14-26(29(33)34)28(17-23)35-25-7-3-2-4-8-25;;/h5-6,9-15,17-18,20,25,27,31-32H,2-4,7-8,16,19H2,1H3,(H,33,34);2*1H/t20-,27-;;/m1../s1. The van der Waals surface area contributed by atoms with Crippen LogP contribution in [0.4, 0.5) is 0 Å². The van der Waals surface area contributed by atoms with Gasteiger partial charge < -0.3 is 20.3 Å². The Bertz CT molecular complexity index is 1110. The number of aromatic carboxylic acids is 1. The molecule has 0 aliphatic heterocycles. The van der Waals surface area contributed by atoms with Crippen LogP contribution < -0.4 is 10.1 Å². The number of hydrogen-bond acceptors (Lipinski definition) is 5. The highest BCUT2D eigenvalue weighted by atomic mass is 35.5. The first kappa shape index (κ1) is 30.6. The maximum Gasteiger partial charge on any atom is 0.339 e. The van der Waals surface area contributed by atoms with E-state index >= 15 is 0 Å². The molecule has 3 N–H and O–H groups in total. The summed E-state index contributed by atoms with van der Waals surface area (Å²) in [5.74, 6) is -0.510. The lowest BCUT2D eigenvalue weighted by molar-refractivity contribution is 0.0686. The van der Waals surface area contributed by atoms with Gasteiger partial charge in [-0.2, -0.15) is 0 Å². The number of aliphatic hydroxyl groups is 1. The van der Waals surface area contributed by atoms with Crippen LogP contribution in [-0.4, -0.2) is 39.9 Å². The summed E-state index contributed by atoms with van der Waals surface area (Å²) in [6.07, 6.45) is 9.13. The first-order valence-corrected chi connectivity index (χ1v) is 12.4. The normalized spacial score (nSPS) is 15.1. The molecule has 2 atom stereocenters. The van der Waals surface area contributed by atoms with Gasteiger partial charge in [0.05, 0.1) is 12.2 Å². The zero-order valence-corrected chi connectivity index (χ0v) is 22.6. The minimum atomic E-state index is -0.965. The highest BCUT2D eigenvalue weighted by molar-refractivity contribution is 5.92. The smallest absolute Gasteiger partial charge is 0.339 e. The first-order chi connectivity index (χ1) is 17.0. The third-order valence-corrected chi connectivity index (χ3v) is 6.62. The summed E-state index contributed by atoms with van der Waals surface area (Å²) >= 11 is 0. The van der Waals surface area contributed by atoms with E-state index in [4.69, 9.17) is 4.74 Å². The molecule has 3 aromatic rings. The Morgan fingerprint density at radius 1 is 1.05 bits per heavy atom. The Morgan fingerprint density at radius 3 is 2.41 bits per heavy atom. The number of benzene rings is 2. The van der Waals surface area contributed by atoms with E-state index in [1.807, 2.05) is 24.3 Å². The van der Waals surface area contributed by atoms with Gasteiger partial charge in [0.1, 0.15) is 11.3 Å². The molecule has 8 heteroatoms. The van der Waals surface area contributed by atoms with Gasteiger partial charge in [-0.05, 0) is 73.9 Å². The molecule has 6 nitrogen and oxygen atoms in total. The Morgan fingerprint density at radius 2 is 1.76 bits per heavy atom. The number of aliphatic hydroxyl groups excluding tert-OH is 1. The Hall–Kier alpha value is -2.64. The van der Waals surface area contributed by atoms with E-state index in [9.17, 15) is 15.0 Å². The second kappa shape index (κ2) is 14.9. The zero-order chi connectivity index (χ0) is 24.6. The van der Waals surface area contributed by atoms with Gasteiger partial charge in [-0.15, -0.1) is 24.8 Å². The van der Waals surface area contributed by atoms with Crippen molar-refractivity contribution in [2.75, 3.05) is 6.54 Å². The van der Waals surface area contributed by atoms with Crippen molar-refractivity contribution in [1.82, 2.24) is 10.3 Å². The summed E-state index contributed by atoms with van der Waals surface area (Å²) in [5.41, 5.74) is 4.16. The van der Waals surface area contributed by atoms with Gasteiger partial charge in [-0.3, -0.25) is 4.98 Å². The van der Waals surface area contributed by atoms with Gasteiger partial charge >= 0.3 is 5.97 Å². The number of carboxylic acids is 1. The fraction of sp³-hybridized carbons (Fsp3) is 0.379. The number of carboxylic acid groups (broad SMARTS) is 1. The average Bonchev–Trinajstić information content (AvgIpc) is 2.88. The molecule has 0 unspecified atom stereocenters. The van der Waals surface area contributed by atoms with Crippen LogP contribution in [0.2, 0.25) is 0 Å². The van der Waals surface area contributed by atoms with Crippen LogP contribution in [-0.2, 0) is 6.42 Å². The number of halogens is 2. The van der Waals surface area contributed by atoms with Gasteiger partial charge in [-0.1, -0.05) is 42.8 Å². The molecule has 1 aliphatic carbocycles. The second-order valence-corrected chi connectivity index (χ2v) is 9.41. The van der Waals surface area contributed by atoms with Crippen LogP contribution in [0.5, 0.6) is 5.75 Å². The average molecular weight is 548 g/mol. The topological polar surface area (TPSA) is 91.7 Å². The van der Waals surface area contributed by atoms with E-state index in [-0.39, 0.29) is 42.5 Å². The molecule has 1 fully saturated rings. The number of nitrogens with zero attached hydrogens (tertiary/aromatic N) is 1. The van der Waals surface area contributed by atoms with Gasteiger partial charge in [0.15, 0.2) is 0 Å². The van der Waals surface area contributed by atoms with Crippen molar-refractivity contribution in [2.24, 2.45) is 0 Å². The van der Waals surface area contributed by atoms with Crippen LogP contribution in [0.25, 0.3) is 11.1 Å². The van der Waals surface area contributed by atoms with E-state index in [2.05, 4.69) is 41.5 Å². The van der Waals surface area contributed by atoms with Crippen molar-refractivity contribution in [3.05, 3.63) is 83.7 Å². The zero-order valence-electron chi connectivity index (χ0n) is 21.0. The molecule has 1 aliphatic rings. The SMILES string of the molecule is C[C@H](Cc1ccc(-c2ccc(C(=O)O)c(OC3CCCCC3)c2)cc1)NC[C@@H](O)c1cccnc1.Cl.Cl. The number of ether oxygens (including phenoxy) is 1. The van der Waals surface area contributed by atoms with Crippen LogP contribution in [0, 0.1) is 0 Å². The molecule has 1 saturated carbocycles. The van der Waals surface area contributed by atoms with Crippen LogP contribution in [0.1, 0.15) is 66.6 Å². The van der Waals surface area contributed by atoms with Crippen LogP contribution >= 0.6 is 24.8 Å². The molecule has 37 heavy (non-hydrogen) atoms. The summed E-state index contributed by atoms with van der Waals surface area (Å²) in [4.78, 5) is 15.8. The number of rotatable bonds is 10. The fourth-order valence-corrected chi connectivity index (χ4v) is 4.60. The van der Waals surface area contributed by atoms with Crippen LogP contribution in [0.15, 0.2) is 67.0 Å². The lowest BCUT2D eigenvalue weighted by Gasteiger charge is -2.24. The summed E-state index contributed by atoms with van der Waals surface area (Å²) in [6, 6.07) is 17.5. The van der Waals surface area contributed by atoms with Crippen molar-refractivity contribution in [3.63, 3.8) is 0 Å². The van der Waals surface area contributed by atoms with Crippen molar-refractivity contribution < 1.29 is 19.7 Å². The summed E-state index contributed by atoms with van der Waals surface area (Å²) in [7, 11) is 0. The van der Waals surface area contributed by atoms with E-state index in [0.717, 1.165) is 48.8 Å². The van der Waals surface area contributed by atoms with Crippen molar-refractivity contribution in [3.8, 4) is 16.9 Å². The third kappa shape index (κ3) is 8.71. The highest BCUT2D eigenvalue weighted by Gasteiger charge is 2.19. The number of nitrogens with one attached hydrogen (secondary N) is 1. The third-order valence-electron chi connectivity index (χ3n) is 6.62. The van der Waals surface area contributed by atoms with E-state index < -0.39 is 12.1 Å². The second-order valence-electron chi connectivity index (χ2n) is 9.41. The number of aromatic nitrogens is 1. The Labute approximate surface area is 231 Å². The maximum absolute atomic E-state index is 11.7. The minimum absolute atomic E-state index is 0. The quantitative estimate of drug-likeness (QED) is 0.278. The lowest BCUT2D eigenvalue weighted by Crippen LogP contribution is -2.32. The van der Waals surface area contributed by atoms with Gasteiger partial charge in [0.2, 0.25) is 0 Å². The Balaban J connectivity index is 0.00000241. The minimum Gasteiger partial charge on any atom is -0.490 e. The predicted octanol–water partition coefficient (Wildman–Crippen LogP) is 6.26. The molecule has 1 aromatic heterocycles. The highest BCUT2D eigenvalue weighted by Crippen LogP contribution is 2.31. The molecule has 0 bridgehead atoms. The van der Waals surface area contributed by atoms with E-state index in [0.29, 0.717) is 12.3 Å². The Kier molecular flexibility index (Phi) is 12.3. The molecule has 0 saturated heterocycles. The molecule has 0 spiro atoms. The largest absolute Gasteiger partial charge is 0.490 e. The number of hydrogen-bond donors (Lipinski definition) is 3.